The Morgan fingerprint density at radius 3 is 2.80 bits per heavy atom. The Kier molecular flexibility index (Phi) is 3.16. The van der Waals surface area contributed by atoms with E-state index < -0.39 is 0 Å². The summed E-state index contributed by atoms with van der Waals surface area (Å²) < 4.78 is 0. The van der Waals surface area contributed by atoms with E-state index in [0.29, 0.717) is 5.92 Å². The topological polar surface area (TPSA) is 41.6 Å². The largest absolute Gasteiger partial charge is 0.262 e. The molecule has 0 radical (unpaired) electrons. The van der Waals surface area contributed by atoms with Crippen LogP contribution in [0, 0.1) is 0 Å². The molecule has 1 N–H and O–H groups in total. The molecule has 0 saturated carbocycles. The van der Waals surface area contributed by atoms with Crippen LogP contribution in [0.2, 0.25) is 0 Å². The van der Waals surface area contributed by atoms with Crippen molar-refractivity contribution < 1.29 is 0 Å². The smallest absolute Gasteiger partial charge is 0.191 e. The first-order valence-corrected chi connectivity index (χ1v) is 6.19. The number of thiophene rings is 1. The molecule has 80 valence electrons. The van der Waals surface area contributed by atoms with Crippen molar-refractivity contribution in [2.45, 2.75) is 32.6 Å². The van der Waals surface area contributed by atoms with Crippen LogP contribution in [0.25, 0.3) is 10.7 Å². The van der Waals surface area contributed by atoms with Crippen LogP contribution in [0.15, 0.2) is 17.5 Å². The van der Waals surface area contributed by atoms with Gasteiger partial charge >= 0.3 is 0 Å². The highest BCUT2D eigenvalue weighted by Gasteiger charge is 2.13. The third kappa shape index (κ3) is 2.09. The van der Waals surface area contributed by atoms with Gasteiger partial charge in [0, 0.05) is 5.92 Å². The van der Waals surface area contributed by atoms with Crippen molar-refractivity contribution in [2.75, 3.05) is 0 Å². The molecule has 0 spiro atoms. The van der Waals surface area contributed by atoms with Gasteiger partial charge in [-0.2, -0.15) is 5.10 Å². The van der Waals surface area contributed by atoms with Gasteiger partial charge in [-0.25, -0.2) is 4.98 Å². The van der Waals surface area contributed by atoms with E-state index in [-0.39, 0.29) is 0 Å². The van der Waals surface area contributed by atoms with E-state index in [1.54, 1.807) is 11.3 Å². The zero-order valence-electron chi connectivity index (χ0n) is 9.03. The number of rotatable bonds is 4. The van der Waals surface area contributed by atoms with Crippen molar-refractivity contribution in [2.24, 2.45) is 0 Å². The summed E-state index contributed by atoms with van der Waals surface area (Å²) in [7, 11) is 0. The first kappa shape index (κ1) is 10.4. The fourth-order valence-corrected chi connectivity index (χ4v) is 2.31. The molecule has 0 unspecified atom stereocenters. The number of nitrogens with one attached hydrogen (secondary N) is 1. The maximum atomic E-state index is 4.54. The minimum absolute atomic E-state index is 0.506. The normalized spacial score (nSPS) is 11.1. The SMILES string of the molecule is CCC(CC)c1nc(-c2cccs2)n[nH]1. The zero-order valence-corrected chi connectivity index (χ0v) is 9.84. The van der Waals surface area contributed by atoms with Gasteiger partial charge in [0.15, 0.2) is 5.82 Å². The quantitative estimate of drug-likeness (QED) is 0.859. The lowest BCUT2D eigenvalue weighted by atomic mass is 10.0. The first-order valence-electron chi connectivity index (χ1n) is 5.31. The van der Waals surface area contributed by atoms with E-state index in [1.165, 1.54) is 0 Å². The van der Waals surface area contributed by atoms with E-state index in [4.69, 9.17) is 0 Å². The van der Waals surface area contributed by atoms with Crippen molar-refractivity contribution in [1.29, 1.82) is 0 Å². The van der Waals surface area contributed by atoms with Crippen molar-refractivity contribution in [3.63, 3.8) is 0 Å². The number of H-pyrrole nitrogens is 1. The number of nitrogens with zero attached hydrogens (tertiary/aromatic N) is 2. The molecule has 0 fully saturated rings. The molecule has 2 aromatic rings. The van der Waals surface area contributed by atoms with E-state index in [1.807, 2.05) is 17.5 Å². The van der Waals surface area contributed by atoms with Gasteiger partial charge in [0.1, 0.15) is 5.82 Å². The molecular weight excluding hydrogens is 206 g/mol. The molecule has 0 saturated heterocycles. The molecule has 0 aromatic carbocycles. The van der Waals surface area contributed by atoms with Crippen LogP contribution in [0.1, 0.15) is 38.4 Å². The molecule has 2 aromatic heterocycles. The van der Waals surface area contributed by atoms with E-state index in [2.05, 4.69) is 29.0 Å². The number of hydrogen-bond donors (Lipinski definition) is 1. The minimum atomic E-state index is 0.506. The van der Waals surface area contributed by atoms with E-state index in [9.17, 15) is 0 Å². The van der Waals surface area contributed by atoms with Gasteiger partial charge in [-0.05, 0) is 24.3 Å². The molecular formula is C11H15N3S. The average molecular weight is 221 g/mol. The van der Waals surface area contributed by atoms with Crippen molar-refractivity contribution >= 4 is 11.3 Å². The van der Waals surface area contributed by atoms with Gasteiger partial charge < -0.3 is 0 Å². The number of aromatic amines is 1. The summed E-state index contributed by atoms with van der Waals surface area (Å²) in [5.41, 5.74) is 0. The summed E-state index contributed by atoms with van der Waals surface area (Å²) in [4.78, 5) is 5.67. The Morgan fingerprint density at radius 1 is 1.40 bits per heavy atom. The Morgan fingerprint density at radius 2 is 2.20 bits per heavy atom. The Hall–Kier alpha value is -1.16. The van der Waals surface area contributed by atoms with Crippen LogP contribution in [0.3, 0.4) is 0 Å². The highest BCUT2D eigenvalue weighted by atomic mass is 32.1. The molecule has 3 nitrogen and oxygen atoms in total. The molecule has 0 aliphatic heterocycles. The molecule has 15 heavy (non-hydrogen) atoms. The van der Waals surface area contributed by atoms with Crippen LogP contribution in [-0.2, 0) is 0 Å². The Labute approximate surface area is 93.6 Å². The van der Waals surface area contributed by atoms with Crippen LogP contribution in [0.5, 0.6) is 0 Å². The average Bonchev–Trinajstić information content (AvgIpc) is 2.89. The maximum absolute atomic E-state index is 4.54. The number of aromatic nitrogens is 3. The van der Waals surface area contributed by atoms with Gasteiger partial charge in [-0.3, -0.25) is 5.10 Å². The monoisotopic (exact) mass is 221 g/mol. The highest BCUT2D eigenvalue weighted by Crippen LogP contribution is 2.24. The molecule has 2 rings (SSSR count). The lowest BCUT2D eigenvalue weighted by molar-refractivity contribution is 0.605. The third-order valence-electron chi connectivity index (χ3n) is 2.62. The Balaban J connectivity index is 2.24. The molecule has 0 aliphatic carbocycles. The molecule has 0 atom stereocenters. The fourth-order valence-electron chi connectivity index (χ4n) is 1.65. The Bertz CT molecular complexity index is 401. The van der Waals surface area contributed by atoms with Crippen LogP contribution in [-0.4, -0.2) is 15.2 Å². The molecule has 4 heteroatoms. The molecule has 0 bridgehead atoms. The number of hydrogen-bond acceptors (Lipinski definition) is 3. The predicted octanol–water partition coefficient (Wildman–Crippen LogP) is 3.44. The summed E-state index contributed by atoms with van der Waals surface area (Å²) in [5, 5.41) is 9.34. The first-order chi connectivity index (χ1) is 7.35. The van der Waals surface area contributed by atoms with E-state index >= 15 is 0 Å². The fraction of sp³-hybridized carbons (Fsp3) is 0.455. The predicted molar refractivity (Wildman–Crippen MR) is 63.0 cm³/mol. The molecule has 0 amide bonds. The lowest BCUT2D eigenvalue weighted by Crippen LogP contribution is -1.97. The highest BCUT2D eigenvalue weighted by molar-refractivity contribution is 7.13. The summed E-state index contributed by atoms with van der Waals surface area (Å²) in [5.74, 6) is 2.35. The van der Waals surface area contributed by atoms with Crippen molar-refractivity contribution in [3.05, 3.63) is 23.3 Å². The second-order valence-electron chi connectivity index (χ2n) is 3.53. The van der Waals surface area contributed by atoms with Gasteiger partial charge in [-0.15, -0.1) is 11.3 Å². The van der Waals surface area contributed by atoms with Gasteiger partial charge in [0.25, 0.3) is 0 Å². The summed E-state index contributed by atoms with van der Waals surface area (Å²) in [6, 6.07) is 4.07. The van der Waals surface area contributed by atoms with Crippen molar-refractivity contribution in [1.82, 2.24) is 15.2 Å². The van der Waals surface area contributed by atoms with Crippen LogP contribution < -0.4 is 0 Å². The van der Waals surface area contributed by atoms with E-state index in [0.717, 1.165) is 29.4 Å². The standard InChI is InChI=1S/C11H15N3S/c1-3-8(4-2)10-12-11(14-13-10)9-6-5-7-15-9/h5-8H,3-4H2,1-2H3,(H,12,13,14). The van der Waals surface area contributed by atoms with Crippen LogP contribution in [0.4, 0.5) is 0 Å². The summed E-state index contributed by atoms with van der Waals surface area (Å²) in [6.07, 6.45) is 2.21. The lowest BCUT2D eigenvalue weighted by Gasteiger charge is -2.06. The maximum Gasteiger partial charge on any atom is 0.191 e. The second kappa shape index (κ2) is 4.57. The third-order valence-corrected chi connectivity index (χ3v) is 3.48. The summed E-state index contributed by atoms with van der Waals surface area (Å²) >= 11 is 1.67. The van der Waals surface area contributed by atoms with Crippen LogP contribution >= 0.6 is 11.3 Å². The van der Waals surface area contributed by atoms with Crippen molar-refractivity contribution in [3.8, 4) is 10.7 Å². The molecule has 0 aliphatic rings. The second-order valence-corrected chi connectivity index (χ2v) is 4.48. The summed E-state index contributed by atoms with van der Waals surface area (Å²) in [6.45, 7) is 4.36. The molecule has 2 heterocycles. The van der Waals surface area contributed by atoms with Gasteiger partial charge in [0.05, 0.1) is 4.88 Å². The van der Waals surface area contributed by atoms with Gasteiger partial charge in [-0.1, -0.05) is 19.9 Å². The van der Waals surface area contributed by atoms with Gasteiger partial charge in [0.2, 0.25) is 0 Å². The minimum Gasteiger partial charge on any atom is -0.262 e. The zero-order chi connectivity index (χ0) is 10.7.